The minimum atomic E-state index is -5.61. The summed E-state index contributed by atoms with van der Waals surface area (Å²) in [5.41, 5.74) is 0. The number of nitrogens with one attached hydrogen (secondary N) is 1. The third kappa shape index (κ3) is 29.8. The monoisotopic (exact) mass is 1310 g/mol. The van der Waals surface area contributed by atoms with Crippen LogP contribution in [0.1, 0.15) is 239 Å². The summed E-state index contributed by atoms with van der Waals surface area (Å²) in [7, 11) is -11.1. The van der Waals surface area contributed by atoms with Gasteiger partial charge in [-0.3, -0.25) is 22.9 Å². The quantitative estimate of drug-likeness (QED) is 0.0297. The van der Waals surface area contributed by atoms with Gasteiger partial charge in [0.05, 0.1) is 25.4 Å². The van der Waals surface area contributed by atoms with Crippen molar-refractivity contribution < 1.29 is 123 Å². The molecule has 0 radical (unpaired) electrons. The lowest BCUT2D eigenvalue weighted by atomic mass is 9.84. The molecule has 0 bridgehead atoms. The Bertz CT molecular complexity index is 1890. The average Bonchev–Trinajstić information content (AvgIpc) is 3.15. The van der Waals surface area contributed by atoms with Gasteiger partial charge >= 0.3 is 15.6 Å². The van der Waals surface area contributed by atoms with Crippen molar-refractivity contribution in [3.63, 3.8) is 0 Å². The van der Waals surface area contributed by atoms with E-state index in [1.54, 1.807) is 0 Å². The first kappa shape index (κ1) is 81.3. The van der Waals surface area contributed by atoms with E-state index in [2.05, 4.69) is 19.2 Å². The van der Waals surface area contributed by atoms with E-state index >= 15 is 0 Å². The zero-order valence-corrected chi connectivity index (χ0v) is 54.2. The summed E-state index contributed by atoms with van der Waals surface area (Å²) in [6, 6.07) is -1.51. The molecule has 3 aliphatic rings. The largest absolute Gasteiger partial charge is 0.472 e. The Morgan fingerprint density at radius 3 is 1.17 bits per heavy atom. The lowest BCUT2D eigenvalue weighted by Crippen LogP contribution is -2.67. The highest BCUT2D eigenvalue weighted by atomic mass is 31.2. The van der Waals surface area contributed by atoms with Crippen LogP contribution in [0.3, 0.4) is 0 Å². The SMILES string of the molecule is CCCCCCCCCCCCCCCCCCCCCCCC(=O)N[C@@H](COP(=O)(O)O[C@@H]1[C@H](O)[C@H](O)[C@@H](O)[C@H](O)[C@H]1O[C@@H]1O[C@H](COP(=O)(O)OC2[C@H](O)[C@H](O)C(O)[C@H](O)[C@H]2O)[C@@H](O)[C@H](O)[C@@H]1O)[C@H](O)[C@H](O)CCCCCCCCCCCCCC. The predicted molar refractivity (Wildman–Crippen MR) is 324 cm³/mol. The number of phosphoric ester groups is 2. The van der Waals surface area contributed by atoms with Gasteiger partial charge in [0.25, 0.3) is 0 Å². The van der Waals surface area contributed by atoms with E-state index in [9.17, 15) is 95.2 Å². The van der Waals surface area contributed by atoms with Gasteiger partial charge in [-0.15, -0.1) is 0 Å². The van der Waals surface area contributed by atoms with Crippen molar-refractivity contribution in [2.45, 2.75) is 361 Å². The highest BCUT2D eigenvalue weighted by molar-refractivity contribution is 7.47. The molecule has 28 heteroatoms. The molecule has 26 nitrogen and oxygen atoms in total. The Balaban J connectivity index is 1.59. The molecule has 1 aliphatic heterocycles. The minimum Gasteiger partial charge on any atom is -0.390 e. The average molecular weight is 1310 g/mol. The number of ether oxygens (including phenoxy) is 2. The zero-order chi connectivity index (χ0) is 65.2. The fourth-order valence-electron chi connectivity index (χ4n) is 11.7. The van der Waals surface area contributed by atoms with Crippen molar-refractivity contribution in [2.75, 3.05) is 13.2 Å². The van der Waals surface area contributed by atoms with Crippen LogP contribution in [0, 0.1) is 0 Å². The van der Waals surface area contributed by atoms with Gasteiger partial charge in [-0.1, -0.05) is 219 Å². The Hall–Kier alpha value is -0.950. The number of aliphatic hydroxyl groups excluding tert-OH is 14. The number of carbonyl (C=O) groups is 1. The Labute approximate surface area is 521 Å². The van der Waals surface area contributed by atoms with E-state index < -0.39 is 157 Å². The fraction of sp³-hybridized carbons (Fsp3) is 0.983. The van der Waals surface area contributed by atoms with Crippen LogP contribution in [0.5, 0.6) is 0 Å². The summed E-state index contributed by atoms with van der Waals surface area (Å²) in [4.78, 5) is 34.9. The van der Waals surface area contributed by atoms with E-state index in [-0.39, 0.29) is 12.8 Å². The predicted octanol–water partition coefficient (Wildman–Crippen LogP) is 4.36. The smallest absolute Gasteiger partial charge is 0.390 e. The van der Waals surface area contributed by atoms with E-state index in [1.807, 2.05) is 0 Å². The molecular formula is C60H117NO25P2. The molecule has 0 spiro atoms. The zero-order valence-electron chi connectivity index (χ0n) is 52.4. The second-order valence-corrected chi connectivity index (χ2v) is 27.7. The van der Waals surface area contributed by atoms with Crippen molar-refractivity contribution >= 4 is 21.6 Å². The number of amides is 1. The summed E-state index contributed by atoms with van der Waals surface area (Å²) in [6.45, 7) is 2.20. The van der Waals surface area contributed by atoms with Crippen LogP contribution in [0.4, 0.5) is 0 Å². The number of unbranched alkanes of at least 4 members (excludes halogenated alkanes) is 31. The van der Waals surface area contributed by atoms with Gasteiger partial charge in [0.1, 0.15) is 104 Å². The Kier molecular flexibility index (Phi) is 41.3. The van der Waals surface area contributed by atoms with Gasteiger partial charge in [-0.05, 0) is 12.8 Å². The standard InChI is InChI=1S/C60H117NO25P2/c1-3-5-7-9-11-13-15-17-18-19-20-21-22-23-24-25-27-29-31-33-35-37-43(63)61-40(44(64)41(62)36-34-32-30-28-26-16-14-12-10-8-6-4-2)38-81-87(77,78)86-59-55(75)51(71)50(70)54(74)58(59)84-60-56(76)46(66)45(65)42(83-60)39-82-88(79,80)85-57-52(72)48(68)47(67)49(69)53(57)73/h40-42,44-60,62,64-76H,3-39H2,1-2H3,(H,61,63)(H,77,78)(H,79,80)/t40-,41+,42+,44-,45+,46-,47?,48-,49+,50+,51+,52+,53+,54-,55+,56-,57?,58+,59+,60-/m0/s1. The number of carbonyl (C=O) groups excluding carboxylic acids is 1. The van der Waals surface area contributed by atoms with Crippen LogP contribution in [0.25, 0.3) is 0 Å². The Morgan fingerprint density at radius 2 is 0.750 bits per heavy atom. The first-order valence-corrected chi connectivity index (χ1v) is 36.3. The molecular weight excluding hydrogens is 1200 g/mol. The maximum absolute atomic E-state index is 13.8. The van der Waals surface area contributed by atoms with Crippen LogP contribution in [0.15, 0.2) is 0 Å². The molecule has 522 valence electrons. The van der Waals surface area contributed by atoms with Crippen LogP contribution in [-0.2, 0) is 41.5 Å². The molecule has 0 aromatic carbocycles. The van der Waals surface area contributed by atoms with Crippen molar-refractivity contribution in [3.05, 3.63) is 0 Å². The number of rotatable bonds is 50. The highest BCUT2D eigenvalue weighted by Crippen LogP contribution is 2.49. The first-order valence-electron chi connectivity index (χ1n) is 33.3. The molecule has 88 heavy (non-hydrogen) atoms. The van der Waals surface area contributed by atoms with Gasteiger partial charge in [0.2, 0.25) is 5.91 Å². The van der Waals surface area contributed by atoms with Crippen LogP contribution < -0.4 is 5.32 Å². The van der Waals surface area contributed by atoms with E-state index in [0.717, 1.165) is 64.2 Å². The second kappa shape index (κ2) is 44.7. The van der Waals surface area contributed by atoms with E-state index in [1.165, 1.54) is 135 Å². The maximum atomic E-state index is 13.8. The molecule has 3 rings (SSSR count). The molecule has 1 saturated heterocycles. The fourth-order valence-corrected chi connectivity index (χ4v) is 13.6. The third-order valence-corrected chi connectivity index (χ3v) is 19.4. The third-order valence-electron chi connectivity index (χ3n) is 17.4. The molecule has 2 saturated carbocycles. The molecule has 22 atom stereocenters. The summed E-state index contributed by atoms with van der Waals surface area (Å²) in [6.07, 6.45) is -3.43. The molecule has 3 fully saturated rings. The number of phosphoric acid groups is 2. The van der Waals surface area contributed by atoms with Gasteiger partial charge < -0.3 is 96.1 Å². The summed E-state index contributed by atoms with van der Waals surface area (Å²) in [5.74, 6) is -0.549. The van der Waals surface area contributed by atoms with Crippen LogP contribution in [-0.4, -0.2) is 223 Å². The molecule has 0 aromatic rings. The second-order valence-electron chi connectivity index (χ2n) is 24.9. The van der Waals surface area contributed by atoms with Crippen molar-refractivity contribution in [2.24, 2.45) is 0 Å². The van der Waals surface area contributed by atoms with Gasteiger partial charge in [-0.2, -0.15) is 0 Å². The van der Waals surface area contributed by atoms with Crippen LogP contribution >= 0.6 is 15.6 Å². The van der Waals surface area contributed by atoms with Crippen molar-refractivity contribution in [1.82, 2.24) is 5.32 Å². The maximum Gasteiger partial charge on any atom is 0.472 e. The molecule has 4 unspecified atom stereocenters. The summed E-state index contributed by atoms with van der Waals surface area (Å²) >= 11 is 0. The highest BCUT2D eigenvalue weighted by Gasteiger charge is 2.56. The molecule has 1 heterocycles. The summed E-state index contributed by atoms with van der Waals surface area (Å²) < 4.78 is 57.8. The normalized spacial score (nSPS) is 31.9. The molecule has 17 N–H and O–H groups in total. The molecule has 1 amide bonds. The number of hydrogen-bond acceptors (Lipinski definition) is 23. The van der Waals surface area contributed by atoms with Gasteiger partial charge in [0, 0.05) is 6.42 Å². The first-order chi connectivity index (χ1) is 41.9. The molecule has 0 aromatic heterocycles. The van der Waals surface area contributed by atoms with Gasteiger partial charge in [-0.25, -0.2) is 9.13 Å². The van der Waals surface area contributed by atoms with Gasteiger partial charge in [0.15, 0.2) is 6.29 Å². The van der Waals surface area contributed by atoms with E-state index in [0.29, 0.717) is 12.8 Å². The van der Waals surface area contributed by atoms with Crippen LogP contribution in [0.2, 0.25) is 0 Å². The van der Waals surface area contributed by atoms with Crippen molar-refractivity contribution in [1.29, 1.82) is 0 Å². The summed E-state index contributed by atoms with van der Waals surface area (Å²) in [5, 5.41) is 152. The van der Waals surface area contributed by atoms with E-state index in [4.69, 9.17) is 27.6 Å². The number of hydrogen-bond donors (Lipinski definition) is 17. The lowest BCUT2D eigenvalue weighted by Gasteiger charge is -2.47. The topological polar surface area (TPSA) is 442 Å². The lowest BCUT2D eigenvalue weighted by molar-refractivity contribution is -0.337. The molecule has 2 aliphatic carbocycles. The minimum absolute atomic E-state index is 0.0210. The van der Waals surface area contributed by atoms with Crippen molar-refractivity contribution in [3.8, 4) is 0 Å². The Morgan fingerprint density at radius 1 is 0.420 bits per heavy atom. The number of aliphatic hydroxyl groups is 14.